The first-order valence-corrected chi connectivity index (χ1v) is 7.89. The number of anilines is 1. The fourth-order valence-electron chi connectivity index (χ4n) is 3.64. The van der Waals surface area contributed by atoms with Gasteiger partial charge in [-0.2, -0.15) is 0 Å². The monoisotopic (exact) mass is 296 g/mol. The molecule has 114 valence electrons. The van der Waals surface area contributed by atoms with Gasteiger partial charge in [-0.05, 0) is 37.1 Å². The molecule has 0 saturated carbocycles. The number of piperidine rings is 1. The van der Waals surface area contributed by atoms with Gasteiger partial charge in [0.05, 0.1) is 6.26 Å². The molecule has 1 amide bonds. The number of carbonyl (C=O) groups excluding carboxylic acids is 1. The summed E-state index contributed by atoms with van der Waals surface area (Å²) in [7, 11) is 0. The first kappa shape index (κ1) is 13.4. The molecule has 2 aromatic rings. The Hall–Kier alpha value is -2.23. The normalized spacial score (nSPS) is 20.0. The highest BCUT2D eigenvalue weighted by Crippen LogP contribution is 2.42. The Labute approximate surface area is 130 Å². The topological polar surface area (TPSA) is 36.7 Å². The van der Waals surface area contributed by atoms with E-state index in [-0.39, 0.29) is 5.91 Å². The molecule has 1 aromatic heterocycles. The lowest BCUT2D eigenvalue weighted by atomic mass is 9.71. The summed E-state index contributed by atoms with van der Waals surface area (Å²) in [5.41, 5.74) is 1.71. The molecule has 2 aliphatic heterocycles. The molecule has 0 N–H and O–H groups in total. The number of para-hydroxylation sites is 1. The number of amides is 1. The van der Waals surface area contributed by atoms with Crippen molar-refractivity contribution >= 4 is 11.6 Å². The highest BCUT2D eigenvalue weighted by atomic mass is 16.3. The van der Waals surface area contributed by atoms with Crippen LogP contribution in [0.3, 0.4) is 0 Å². The number of rotatable bonds is 2. The van der Waals surface area contributed by atoms with E-state index in [4.69, 9.17) is 4.42 Å². The van der Waals surface area contributed by atoms with Crippen molar-refractivity contribution in [1.29, 1.82) is 0 Å². The summed E-state index contributed by atoms with van der Waals surface area (Å²) in [5.74, 6) is 0.481. The van der Waals surface area contributed by atoms with Gasteiger partial charge in [-0.15, -0.1) is 0 Å². The first-order valence-electron chi connectivity index (χ1n) is 7.89. The minimum atomic E-state index is 0.0269. The van der Waals surface area contributed by atoms with Crippen molar-refractivity contribution in [2.45, 2.75) is 12.8 Å². The summed E-state index contributed by atoms with van der Waals surface area (Å²) in [5, 5.41) is 0. The van der Waals surface area contributed by atoms with E-state index in [1.807, 2.05) is 4.90 Å². The zero-order chi connectivity index (χ0) is 15.0. The Morgan fingerprint density at radius 3 is 2.36 bits per heavy atom. The number of furan rings is 1. The lowest BCUT2D eigenvalue weighted by Gasteiger charge is -2.55. The van der Waals surface area contributed by atoms with Crippen LogP contribution in [0.5, 0.6) is 0 Å². The molecule has 4 heteroatoms. The lowest BCUT2D eigenvalue weighted by molar-refractivity contribution is 0.0476. The van der Waals surface area contributed by atoms with Crippen molar-refractivity contribution in [3.8, 4) is 0 Å². The summed E-state index contributed by atoms with van der Waals surface area (Å²) in [4.78, 5) is 16.6. The summed E-state index contributed by atoms with van der Waals surface area (Å²) < 4.78 is 5.22. The molecule has 1 aromatic carbocycles. The molecule has 0 radical (unpaired) electrons. The van der Waals surface area contributed by atoms with E-state index in [0.29, 0.717) is 11.2 Å². The van der Waals surface area contributed by atoms with Gasteiger partial charge in [0.1, 0.15) is 0 Å². The van der Waals surface area contributed by atoms with E-state index in [9.17, 15) is 4.79 Å². The molecule has 2 fully saturated rings. The van der Waals surface area contributed by atoms with Gasteiger partial charge in [0.25, 0.3) is 5.91 Å². The van der Waals surface area contributed by atoms with Gasteiger partial charge < -0.3 is 14.2 Å². The van der Waals surface area contributed by atoms with Crippen molar-refractivity contribution in [3.63, 3.8) is 0 Å². The van der Waals surface area contributed by atoms with Crippen LogP contribution in [0, 0.1) is 5.41 Å². The first-order chi connectivity index (χ1) is 10.8. The maximum atomic E-state index is 12.3. The van der Waals surface area contributed by atoms with Crippen LogP contribution in [-0.4, -0.2) is 37.0 Å². The smallest absolute Gasteiger partial charge is 0.289 e. The molecular formula is C18H20N2O2. The van der Waals surface area contributed by atoms with E-state index in [1.165, 1.54) is 5.69 Å². The van der Waals surface area contributed by atoms with Gasteiger partial charge >= 0.3 is 0 Å². The van der Waals surface area contributed by atoms with Gasteiger partial charge in [0, 0.05) is 37.3 Å². The predicted octanol–water partition coefficient (Wildman–Crippen LogP) is 3.02. The van der Waals surface area contributed by atoms with E-state index in [0.717, 1.165) is 39.0 Å². The second-order valence-corrected chi connectivity index (χ2v) is 6.46. The Bertz CT molecular complexity index is 635. The van der Waals surface area contributed by atoms with Crippen LogP contribution in [0.2, 0.25) is 0 Å². The van der Waals surface area contributed by atoms with Gasteiger partial charge in [-0.25, -0.2) is 0 Å². The van der Waals surface area contributed by atoms with Crippen LogP contribution < -0.4 is 4.90 Å². The Morgan fingerprint density at radius 2 is 1.73 bits per heavy atom. The minimum absolute atomic E-state index is 0.0269. The highest BCUT2D eigenvalue weighted by molar-refractivity contribution is 5.91. The van der Waals surface area contributed by atoms with Gasteiger partial charge in [-0.3, -0.25) is 4.79 Å². The molecule has 4 rings (SSSR count). The highest BCUT2D eigenvalue weighted by Gasteiger charge is 2.45. The Balaban J connectivity index is 1.35. The number of likely N-dealkylation sites (tertiary alicyclic amines) is 1. The van der Waals surface area contributed by atoms with Crippen molar-refractivity contribution in [2.75, 3.05) is 31.1 Å². The average Bonchev–Trinajstić information content (AvgIpc) is 3.07. The van der Waals surface area contributed by atoms with Crippen molar-refractivity contribution in [2.24, 2.45) is 5.41 Å². The van der Waals surface area contributed by atoms with E-state index in [1.54, 1.807) is 18.4 Å². The zero-order valence-corrected chi connectivity index (χ0v) is 12.6. The number of carbonyl (C=O) groups is 1. The van der Waals surface area contributed by atoms with Crippen molar-refractivity contribution < 1.29 is 9.21 Å². The largest absolute Gasteiger partial charge is 0.459 e. The summed E-state index contributed by atoms with van der Waals surface area (Å²) in [6.07, 6.45) is 3.73. The van der Waals surface area contributed by atoms with Crippen LogP contribution in [0.15, 0.2) is 53.1 Å². The minimum Gasteiger partial charge on any atom is -0.459 e. The number of benzene rings is 1. The van der Waals surface area contributed by atoms with Crippen molar-refractivity contribution in [1.82, 2.24) is 4.90 Å². The summed E-state index contributed by atoms with van der Waals surface area (Å²) >= 11 is 0. The maximum Gasteiger partial charge on any atom is 0.289 e. The zero-order valence-electron chi connectivity index (χ0n) is 12.6. The Morgan fingerprint density at radius 1 is 1.00 bits per heavy atom. The molecule has 0 unspecified atom stereocenters. The van der Waals surface area contributed by atoms with E-state index in [2.05, 4.69) is 35.2 Å². The molecule has 0 bridgehead atoms. The fraction of sp³-hybridized carbons (Fsp3) is 0.389. The molecule has 3 heterocycles. The molecule has 22 heavy (non-hydrogen) atoms. The van der Waals surface area contributed by atoms with Gasteiger partial charge in [0.2, 0.25) is 0 Å². The number of hydrogen-bond acceptors (Lipinski definition) is 3. The summed E-state index contributed by atoms with van der Waals surface area (Å²) in [6, 6.07) is 14.1. The third kappa shape index (κ3) is 2.28. The number of hydrogen-bond donors (Lipinski definition) is 0. The molecule has 4 nitrogen and oxygen atoms in total. The van der Waals surface area contributed by atoms with E-state index >= 15 is 0 Å². The molecule has 0 atom stereocenters. The third-order valence-corrected chi connectivity index (χ3v) is 5.02. The second kappa shape index (κ2) is 5.20. The van der Waals surface area contributed by atoms with Crippen molar-refractivity contribution in [3.05, 3.63) is 54.5 Å². The molecule has 2 aliphatic rings. The fourth-order valence-corrected chi connectivity index (χ4v) is 3.64. The molecule has 2 saturated heterocycles. The van der Waals surface area contributed by atoms with Crippen LogP contribution in [0.1, 0.15) is 23.4 Å². The van der Waals surface area contributed by atoms with Gasteiger partial charge in [-0.1, -0.05) is 18.2 Å². The van der Waals surface area contributed by atoms with Crippen LogP contribution in [-0.2, 0) is 0 Å². The average molecular weight is 296 g/mol. The third-order valence-electron chi connectivity index (χ3n) is 5.02. The number of nitrogens with zero attached hydrogens (tertiary/aromatic N) is 2. The molecule has 1 spiro atoms. The van der Waals surface area contributed by atoms with Gasteiger partial charge in [0.15, 0.2) is 5.76 Å². The Kier molecular flexibility index (Phi) is 3.17. The van der Waals surface area contributed by atoms with Crippen LogP contribution in [0.4, 0.5) is 5.69 Å². The van der Waals surface area contributed by atoms with E-state index < -0.39 is 0 Å². The molecular weight excluding hydrogens is 276 g/mol. The predicted molar refractivity (Wildman–Crippen MR) is 84.9 cm³/mol. The lowest BCUT2D eigenvalue weighted by Crippen LogP contribution is -2.61. The summed E-state index contributed by atoms with van der Waals surface area (Å²) in [6.45, 7) is 3.89. The quantitative estimate of drug-likeness (QED) is 0.855. The standard InChI is InChI=1S/C18H20N2O2/c21-17(16-7-4-12-22-16)19-10-8-18(9-11-19)13-20(14-18)15-5-2-1-3-6-15/h1-7,12H,8-11,13-14H2. The maximum absolute atomic E-state index is 12.3. The SMILES string of the molecule is O=C(c1ccco1)N1CCC2(CC1)CN(c1ccccc1)C2. The molecule has 0 aliphatic carbocycles. The van der Waals surface area contributed by atoms with Crippen LogP contribution in [0.25, 0.3) is 0 Å². The second-order valence-electron chi connectivity index (χ2n) is 6.46. The van der Waals surface area contributed by atoms with Crippen LogP contribution >= 0.6 is 0 Å².